The average molecular weight is 275 g/mol. The Morgan fingerprint density at radius 2 is 2.05 bits per heavy atom. The lowest BCUT2D eigenvalue weighted by atomic mass is 10.1. The minimum Gasteiger partial charge on any atom is -0.355 e. The van der Waals surface area contributed by atoms with Crippen LogP contribution in [0.1, 0.15) is 28.8 Å². The molecule has 0 heterocycles. The average Bonchev–Trinajstić information content (AvgIpc) is 3.24. The van der Waals surface area contributed by atoms with Crippen LogP contribution >= 0.6 is 0 Å². The lowest BCUT2D eigenvalue weighted by Gasteiger charge is -2.11. The molecule has 0 unspecified atom stereocenters. The van der Waals surface area contributed by atoms with E-state index in [1.54, 1.807) is 19.2 Å². The number of benzene rings is 1. The van der Waals surface area contributed by atoms with Crippen LogP contribution in [0.2, 0.25) is 0 Å². The Morgan fingerprint density at radius 3 is 2.70 bits per heavy atom. The van der Waals surface area contributed by atoms with Gasteiger partial charge < -0.3 is 16.0 Å². The molecule has 5 nitrogen and oxygen atoms in total. The van der Waals surface area contributed by atoms with E-state index in [1.807, 2.05) is 13.0 Å². The summed E-state index contributed by atoms with van der Waals surface area (Å²) in [4.78, 5) is 23.7. The van der Waals surface area contributed by atoms with Crippen LogP contribution in [-0.2, 0) is 4.79 Å². The molecule has 1 aliphatic carbocycles. The van der Waals surface area contributed by atoms with Crippen LogP contribution in [0.15, 0.2) is 18.2 Å². The lowest BCUT2D eigenvalue weighted by Crippen LogP contribution is -2.30. The summed E-state index contributed by atoms with van der Waals surface area (Å²) in [6, 6.07) is 5.41. The first-order valence-electron chi connectivity index (χ1n) is 6.93. The Kier molecular flexibility index (Phi) is 4.74. The molecule has 3 N–H and O–H groups in total. The van der Waals surface area contributed by atoms with Gasteiger partial charge in [0, 0.05) is 7.05 Å². The smallest absolute Gasteiger partial charge is 0.253 e. The van der Waals surface area contributed by atoms with E-state index in [0.717, 1.165) is 18.0 Å². The highest BCUT2D eigenvalue weighted by atomic mass is 16.2. The Bertz CT molecular complexity index is 510. The molecule has 0 radical (unpaired) electrons. The molecule has 0 aliphatic heterocycles. The predicted molar refractivity (Wildman–Crippen MR) is 78.8 cm³/mol. The molecular weight excluding hydrogens is 254 g/mol. The Hall–Kier alpha value is -1.88. The van der Waals surface area contributed by atoms with Gasteiger partial charge in [0.15, 0.2) is 0 Å². The van der Waals surface area contributed by atoms with Crippen molar-refractivity contribution in [2.75, 3.05) is 25.5 Å². The van der Waals surface area contributed by atoms with Crippen LogP contribution in [0.25, 0.3) is 0 Å². The van der Waals surface area contributed by atoms with Crippen molar-refractivity contribution in [2.45, 2.75) is 19.8 Å². The molecule has 1 aromatic rings. The van der Waals surface area contributed by atoms with Crippen LogP contribution in [-0.4, -0.2) is 32.0 Å². The maximum absolute atomic E-state index is 11.9. The van der Waals surface area contributed by atoms with Gasteiger partial charge in [0.25, 0.3) is 5.91 Å². The monoisotopic (exact) mass is 275 g/mol. The van der Waals surface area contributed by atoms with Gasteiger partial charge in [0.05, 0.1) is 17.8 Å². The van der Waals surface area contributed by atoms with E-state index < -0.39 is 0 Å². The van der Waals surface area contributed by atoms with Crippen molar-refractivity contribution in [1.82, 2.24) is 10.6 Å². The fourth-order valence-electron chi connectivity index (χ4n) is 2.00. The summed E-state index contributed by atoms with van der Waals surface area (Å²) in [6.45, 7) is 3.08. The standard InChI is InChI=1S/C15H21N3O2/c1-10-3-6-13(12(7-10)15(20)16-2)18-14(19)9-17-8-11-4-5-11/h3,6-7,11,17H,4-5,8-9H2,1-2H3,(H,16,20)(H,18,19). The third-order valence-corrected chi connectivity index (χ3v) is 3.34. The van der Waals surface area contributed by atoms with Crippen LogP contribution < -0.4 is 16.0 Å². The molecule has 0 aromatic heterocycles. The summed E-state index contributed by atoms with van der Waals surface area (Å²) in [5.41, 5.74) is 2.02. The zero-order chi connectivity index (χ0) is 14.5. The molecule has 0 saturated heterocycles. The van der Waals surface area contributed by atoms with Crippen molar-refractivity contribution in [2.24, 2.45) is 5.92 Å². The number of hydrogen-bond donors (Lipinski definition) is 3. The van der Waals surface area contributed by atoms with E-state index in [-0.39, 0.29) is 18.4 Å². The first-order valence-corrected chi connectivity index (χ1v) is 6.93. The number of hydrogen-bond acceptors (Lipinski definition) is 3. The highest BCUT2D eigenvalue weighted by Gasteiger charge is 2.20. The number of anilines is 1. The highest BCUT2D eigenvalue weighted by Crippen LogP contribution is 2.27. The van der Waals surface area contributed by atoms with Gasteiger partial charge >= 0.3 is 0 Å². The van der Waals surface area contributed by atoms with Crippen molar-refractivity contribution in [3.8, 4) is 0 Å². The quantitative estimate of drug-likeness (QED) is 0.732. The molecule has 1 fully saturated rings. The highest BCUT2D eigenvalue weighted by molar-refractivity contribution is 6.04. The Balaban J connectivity index is 1.96. The number of aryl methyl sites for hydroxylation is 1. The van der Waals surface area contributed by atoms with E-state index in [1.165, 1.54) is 12.8 Å². The minimum atomic E-state index is -0.199. The molecule has 2 rings (SSSR count). The third-order valence-electron chi connectivity index (χ3n) is 3.34. The van der Waals surface area contributed by atoms with Crippen molar-refractivity contribution >= 4 is 17.5 Å². The number of nitrogens with one attached hydrogen (secondary N) is 3. The molecule has 1 aromatic carbocycles. The topological polar surface area (TPSA) is 70.2 Å². The van der Waals surface area contributed by atoms with Crippen LogP contribution in [0.4, 0.5) is 5.69 Å². The summed E-state index contributed by atoms with van der Waals surface area (Å²) in [5.74, 6) is 0.415. The SMILES string of the molecule is CNC(=O)c1cc(C)ccc1NC(=O)CNCC1CC1. The Labute approximate surface area is 119 Å². The van der Waals surface area contributed by atoms with Crippen LogP contribution in [0.3, 0.4) is 0 Å². The molecule has 0 atom stereocenters. The zero-order valence-electron chi connectivity index (χ0n) is 12.0. The van der Waals surface area contributed by atoms with E-state index in [0.29, 0.717) is 11.3 Å². The number of rotatable bonds is 6. The van der Waals surface area contributed by atoms with Crippen molar-refractivity contribution < 1.29 is 9.59 Å². The van der Waals surface area contributed by atoms with Gasteiger partial charge in [-0.15, -0.1) is 0 Å². The van der Waals surface area contributed by atoms with E-state index >= 15 is 0 Å². The molecular formula is C15H21N3O2. The molecule has 20 heavy (non-hydrogen) atoms. The summed E-state index contributed by atoms with van der Waals surface area (Å²) in [7, 11) is 1.58. The second-order valence-corrected chi connectivity index (χ2v) is 5.25. The second-order valence-electron chi connectivity index (χ2n) is 5.25. The van der Waals surface area contributed by atoms with E-state index in [2.05, 4.69) is 16.0 Å². The summed E-state index contributed by atoms with van der Waals surface area (Å²) >= 11 is 0. The fraction of sp³-hybridized carbons (Fsp3) is 0.467. The molecule has 0 bridgehead atoms. The lowest BCUT2D eigenvalue weighted by molar-refractivity contribution is -0.115. The van der Waals surface area contributed by atoms with E-state index in [4.69, 9.17) is 0 Å². The summed E-state index contributed by atoms with van der Waals surface area (Å²) < 4.78 is 0. The first-order chi connectivity index (χ1) is 9.60. The molecule has 1 saturated carbocycles. The molecule has 1 aliphatic rings. The molecule has 2 amide bonds. The van der Waals surface area contributed by atoms with Crippen LogP contribution in [0, 0.1) is 12.8 Å². The molecule has 0 spiro atoms. The van der Waals surface area contributed by atoms with Gasteiger partial charge in [0.2, 0.25) is 5.91 Å². The number of carbonyl (C=O) groups is 2. The van der Waals surface area contributed by atoms with Gasteiger partial charge in [-0.25, -0.2) is 0 Å². The number of carbonyl (C=O) groups excluding carboxylic acids is 2. The second kappa shape index (κ2) is 6.52. The van der Waals surface area contributed by atoms with Crippen molar-refractivity contribution in [1.29, 1.82) is 0 Å². The zero-order valence-corrected chi connectivity index (χ0v) is 12.0. The van der Waals surface area contributed by atoms with Gasteiger partial charge in [-0.3, -0.25) is 9.59 Å². The largest absolute Gasteiger partial charge is 0.355 e. The summed E-state index contributed by atoms with van der Waals surface area (Å²) in [5, 5.41) is 8.50. The number of amides is 2. The maximum Gasteiger partial charge on any atom is 0.253 e. The van der Waals surface area contributed by atoms with E-state index in [9.17, 15) is 9.59 Å². The van der Waals surface area contributed by atoms with Crippen LogP contribution in [0.5, 0.6) is 0 Å². The maximum atomic E-state index is 11.9. The predicted octanol–water partition coefficient (Wildman–Crippen LogP) is 1.29. The Morgan fingerprint density at radius 1 is 1.30 bits per heavy atom. The van der Waals surface area contributed by atoms with Gasteiger partial charge in [0.1, 0.15) is 0 Å². The van der Waals surface area contributed by atoms with Gasteiger partial charge in [-0.05, 0) is 44.4 Å². The fourth-order valence-corrected chi connectivity index (χ4v) is 2.00. The normalized spacial score (nSPS) is 13.9. The first kappa shape index (κ1) is 14.5. The van der Waals surface area contributed by atoms with Crippen molar-refractivity contribution in [3.63, 3.8) is 0 Å². The molecule has 5 heteroatoms. The minimum absolute atomic E-state index is 0.125. The van der Waals surface area contributed by atoms with Crippen molar-refractivity contribution in [3.05, 3.63) is 29.3 Å². The third kappa shape index (κ3) is 4.06. The van der Waals surface area contributed by atoms with Gasteiger partial charge in [-0.1, -0.05) is 11.6 Å². The van der Waals surface area contributed by atoms with Gasteiger partial charge in [-0.2, -0.15) is 0 Å². The molecule has 108 valence electrons. The summed E-state index contributed by atoms with van der Waals surface area (Å²) in [6.07, 6.45) is 2.51.